The van der Waals surface area contributed by atoms with Crippen LogP contribution in [0.2, 0.25) is 0 Å². The Morgan fingerprint density at radius 2 is 2.00 bits per heavy atom. The highest BCUT2D eigenvalue weighted by atomic mass is 32.1. The standard InChI is InChI=1S/C18H24N2OS.C2HF3O2/c1-14-19-17(13-22-14)12-20-9-8-18(21-2)16(11-20)10-15-6-4-3-5-7-15;3-2(4,5)1(6)7/h3-7,13,16,18H,8-12H2,1-2H3;(H,6,7)/t16-,18-;/m0./s1. The molecule has 2 heterocycles. The number of ether oxygens (including phenoxy) is 1. The number of nitrogens with zero attached hydrogens (tertiary/aromatic N) is 2. The molecular weight excluding hydrogens is 405 g/mol. The second-order valence-corrected chi connectivity index (χ2v) is 7.97. The van der Waals surface area contributed by atoms with E-state index in [2.05, 4.69) is 52.5 Å². The maximum Gasteiger partial charge on any atom is 0.490 e. The van der Waals surface area contributed by atoms with Gasteiger partial charge in [0.15, 0.2) is 0 Å². The first-order valence-electron chi connectivity index (χ1n) is 9.19. The Morgan fingerprint density at radius 3 is 2.52 bits per heavy atom. The summed E-state index contributed by atoms with van der Waals surface area (Å²) in [5.41, 5.74) is 2.61. The normalized spacial score (nSPS) is 20.0. The molecule has 1 saturated heterocycles. The summed E-state index contributed by atoms with van der Waals surface area (Å²) in [6.45, 7) is 5.22. The Labute approximate surface area is 172 Å². The van der Waals surface area contributed by atoms with Gasteiger partial charge in [0.2, 0.25) is 0 Å². The first-order valence-corrected chi connectivity index (χ1v) is 10.1. The van der Waals surface area contributed by atoms with Crippen molar-refractivity contribution in [3.8, 4) is 0 Å². The van der Waals surface area contributed by atoms with Crippen molar-refractivity contribution in [2.24, 2.45) is 5.92 Å². The fourth-order valence-electron chi connectivity index (χ4n) is 3.36. The van der Waals surface area contributed by atoms with Gasteiger partial charge in [0.25, 0.3) is 0 Å². The van der Waals surface area contributed by atoms with Crippen molar-refractivity contribution in [3.63, 3.8) is 0 Å². The number of hydrogen-bond acceptors (Lipinski definition) is 5. The summed E-state index contributed by atoms with van der Waals surface area (Å²) in [5.74, 6) is -2.20. The van der Waals surface area contributed by atoms with Crippen LogP contribution in [0.1, 0.15) is 22.7 Å². The minimum atomic E-state index is -5.08. The van der Waals surface area contributed by atoms with Crippen molar-refractivity contribution in [2.45, 2.75) is 38.6 Å². The smallest absolute Gasteiger partial charge is 0.475 e. The van der Waals surface area contributed by atoms with Gasteiger partial charge in [0, 0.05) is 38.0 Å². The zero-order valence-electron chi connectivity index (χ0n) is 16.4. The molecule has 1 N–H and O–H groups in total. The van der Waals surface area contributed by atoms with Crippen LogP contribution < -0.4 is 0 Å². The van der Waals surface area contributed by atoms with Gasteiger partial charge < -0.3 is 9.84 Å². The quantitative estimate of drug-likeness (QED) is 0.772. The highest BCUT2D eigenvalue weighted by molar-refractivity contribution is 7.09. The third-order valence-corrected chi connectivity index (χ3v) is 5.51. The number of aliphatic carboxylic acids is 1. The Hall–Kier alpha value is -1.97. The molecule has 0 amide bonds. The van der Waals surface area contributed by atoms with Crippen molar-refractivity contribution >= 4 is 17.3 Å². The molecule has 3 rings (SSSR count). The molecule has 9 heteroatoms. The first kappa shape index (κ1) is 23.3. The van der Waals surface area contributed by atoms with Crippen LogP contribution in [-0.2, 0) is 22.5 Å². The number of thiazole rings is 1. The summed E-state index contributed by atoms with van der Waals surface area (Å²) < 4.78 is 37.5. The molecule has 2 atom stereocenters. The van der Waals surface area contributed by atoms with E-state index in [1.165, 1.54) is 11.3 Å². The number of aromatic nitrogens is 1. The summed E-state index contributed by atoms with van der Waals surface area (Å²) in [6.07, 6.45) is -2.52. The van der Waals surface area contributed by atoms with Gasteiger partial charge in [-0.25, -0.2) is 9.78 Å². The first-order chi connectivity index (χ1) is 13.7. The van der Waals surface area contributed by atoms with Crippen LogP contribution in [0.3, 0.4) is 0 Å². The molecule has 5 nitrogen and oxygen atoms in total. The topological polar surface area (TPSA) is 62.7 Å². The number of carboxylic acids is 1. The third kappa shape index (κ3) is 7.75. The summed E-state index contributed by atoms with van der Waals surface area (Å²) in [5, 5.41) is 10.5. The summed E-state index contributed by atoms with van der Waals surface area (Å²) in [6, 6.07) is 10.8. The number of hydrogen-bond donors (Lipinski definition) is 1. The van der Waals surface area contributed by atoms with Gasteiger partial charge in [-0.2, -0.15) is 13.2 Å². The zero-order valence-corrected chi connectivity index (χ0v) is 17.2. The predicted molar refractivity (Wildman–Crippen MR) is 105 cm³/mol. The molecule has 160 valence electrons. The van der Waals surface area contributed by atoms with Crippen molar-refractivity contribution < 1.29 is 27.8 Å². The van der Waals surface area contributed by atoms with Crippen molar-refractivity contribution in [1.29, 1.82) is 0 Å². The van der Waals surface area contributed by atoms with E-state index in [1.54, 1.807) is 11.3 Å². The lowest BCUT2D eigenvalue weighted by Crippen LogP contribution is -2.44. The monoisotopic (exact) mass is 430 g/mol. The number of methoxy groups -OCH3 is 1. The van der Waals surface area contributed by atoms with Gasteiger partial charge in [-0.1, -0.05) is 30.3 Å². The van der Waals surface area contributed by atoms with E-state index in [-0.39, 0.29) is 0 Å². The molecule has 1 aromatic heterocycles. The predicted octanol–water partition coefficient (Wildman–Crippen LogP) is 4.16. The van der Waals surface area contributed by atoms with Crippen LogP contribution >= 0.6 is 11.3 Å². The van der Waals surface area contributed by atoms with Gasteiger partial charge in [-0.15, -0.1) is 11.3 Å². The molecule has 0 unspecified atom stereocenters. The maximum absolute atomic E-state index is 10.6. The summed E-state index contributed by atoms with van der Waals surface area (Å²) in [7, 11) is 1.85. The van der Waals surface area contributed by atoms with Crippen LogP contribution in [0.15, 0.2) is 35.7 Å². The van der Waals surface area contributed by atoms with Gasteiger partial charge in [-0.05, 0) is 25.3 Å². The molecule has 1 aromatic carbocycles. The molecule has 2 aromatic rings. The van der Waals surface area contributed by atoms with Crippen LogP contribution in [0.25, 0.3) is 0 Å². The van der Waals surface area contributed by atoms with E-state index in [1.807, 2.05) is 7.11 Å². The highest BCUT2D eigenvalue weighted by Gasteiger charge is 2.38. The van der Waals surface area contributed by atoms with Crippen molar-refractivity contribution in [3.05, 3.63) is 52.0 Å². The number of halogens is 3. The summed E-state index contributed by atoms with van der Waals surface area (Å²) >= 11 is 1.74. The second-order valence-electron chi connectivity index (χ2n) is 6.91. The van der Waals surface area contributed by atoms with Gasteiger partial charge in [-0.3, -0.25) is 4.90 Å². The molecule has 1 aliphatic rings. The SMILES string of the molecule is CO[C@H]1CCN(Cc2csc(C)n2)C[C@@H]1Cc1ccccc1.O=C(O)C(F)(F)F. The van der Waals surface area contributed by atoms with Crippen LogP contribution in [0.4, 0.5) is 13.2 Å². The number of likely N-dealkylation sites (tertiary alicyclic amines) is 1. The number of benzene rings is 1. The second kappa shape index (κ2) is 10.7. The lowest BCUT2D eigenvalue weighted by Gasteiger charge is -2.37. The number of carbonyl (C=O) groups is 1. The number of rotatable bonds is 5. The highest BCUT2D eigenvalue weighted by Crippen LogP contribution is 2.25. The number of aryl methyl sites for hydroxylation is 1. The Kier molecular flexibility index (Phi) is 8.60. The molecular formula is C20H25F3N2O3S. The number of carboxylic acid groups (broad SMARTS) is 1. The molecule has 1 aliphatic heterocycles. The Bertz CT molecular complexity index is 768. The van der Waals surface area contributed by atoms with E-state index in [0.29, 0.717) is 12.0 Å². The third-order valence-electron chi connectivity index (χ3n) is 4.69. The van der Waals surface area contributed by atoms with Crippen molar-refractivity contribution in [1.82, 2.24) is 9.88 Å². The van der Waals surface area contributed by atoms with Gasteiger partial charge >= 0.3 is 12.1 Å². The molecule has 0 spiro atoms. The Morgan fingerprint density at radius 1 is 1.34 bits per heavy atom. The van der Waals surface area contributed by atoms with E-state index < -0.39 is 12.1 Å². The maximum atomic E-state index is 10.6. The fourth-order valence-corrected chi connectivity index (χ4v) is 3.97. The van der Waals surface area contributed by atoms with E-state index in [4.69, 9.17) is 14.6 Å². The number of alkyl halides is 3. The summed E-state index contributed by atoms with van der Waals surface area (Å²) in [4.78, 5) is 16.0. The lowest BCUT2D eigenvalue weighted by atomic mass is 9.88. The molecule has 0 aliphatic carbocycles. The van der Waals surface area contributed by atoms with Crippen molar-refractivity contribution in [2.75, 3.05) is 20.2 Å². The largest absolute Gasteiger partial charge is 0.490 e. The molecule has 29 heavy (non-hydrogen) atoms. The average molecular weight is 430 g/mol. The van der Waals surface area contributed by atoms with E-state index >= 15 is 0 Å². The molecule has 0 bridgehead atoms. The van der Waals surface area contributed by atoms with E-state index in [0.717, 1.165) is 37.5 Å². The lowest BCUT2D eigenvalue weighted by molar-refractivity contribution is -0.192. The van der Waals surface area contributed by atoms with Gasteiger partial charge in [0.05, 0.1) is 16.8 Å². The molecule has 0 radical (unpaired) electrons. The van der Waals surface area contributed by atoms with Crippen LogP contribution in [-0.4, -0.2) is 53.4 Å². The molecule has 1 fully saturated rings. The fraction of sp³-hybridized carbons (Fsp3) is 0.500. The average Bonchev–Trinajstić information content (AvgIpc) is 3.07. The van der Waals surface area contributed by atoms with Gasteiger partial charge in [0.1, 0.15) is 0 Å². The van der Waals surface area contributed by atoms with Crippen LogP contribution in [0.5, 0.6) is 0 Å². The number of piperidine rings is 1. The van der Waals surface area contributed by atoms with E-state index in [9.17, 15) is 13.2 Å². The molecule has 0 saturated carbocycles. The minimum Gasteiger partial charge on any atom is -0.475 e. The zero-order chi connectivity index (χ0) is 21.4. The van der Waals surface area contributed by atoms with Crippen LogP contribution in [0, 0.1) is 12.8 Å². The minimum absolute atomic E-state index is 0.369. The Balaban J connectivity index is 0.000000370.